The number of para-hydroxylation sites is 1. The zero-order valence-electron chi connectivity index (χ0n) is 17.2. The van der Waals surface area contributed by atoms with Gasteiger partial charge in [0.15, 0.2) is 0 Å². The Kier molecular flexibility index (Phi) is 7.33. The minimum atomic E-state index is -4.42. The van der Waals surface area contributed by atoms with Gasteiger partial charge in [0.2, 0.25) is 6.41 Å². The molecule has 0 unspecified atom stereocenters. The summed E-state index contributed by atoms with van der Waals surface area (Å²) in [5.41, 5.74) is 1.05. The Balaban J connectivity index is 1.87. The van der Waals surface area contributed by atoms with E-state index in [2.05, 4.69) is 22.7 Å². The van der Waals surface area contributed by atoms with Crippen LogP contribution in [0.2, 0.25) is 0 Å². The van der Waals surface area contributed by atoms with E-state index in [-0.39, 0.29) is 0 Å². The zero-order chi connectivity index (χ0) is 22.3. The molecular formula is C23H25F3N4O. The molecular weight excluding hydrogens is 405 g/mol. The predicted octanol–water partition coefficient (Wildman–Crippen LogP) is 5.13. The number of alkyl halides is 3. The van der Waals surface area contributed by atoms with Gasteiger partial charge in [-0.3, -0.25) is 4.79 Å². The number of nitrogens with one attached hydrogen (secondary N) is 2. The second-order valence-corrected chi connectivity index (χ2v) is 7.26. The molecule has 2 N–H and O–H groups in total. The van der Waals surface area contributed by atoms with Gasteiger partial charge in [0.25, 0.3) is 0 Å². The minimum absolute atomic E-state index is 0.330. The number of benzene rings is 2. The third-order valence-corrected chi connectivity index (χ3v) is 5.12. The highest BCUT2D eigenvalue weighted by molar-refractivity contribution is 5.67. The van der Waals surface area contributed by atoms with Crippen molar-refractivity contribution in [2.24, 2.45) is 5.92 Å². The molecule has 0 radical (unpaired) electrons. The minimum Gasteiger partial charge on any atom is -0.369 e. The summed E-state index contributed by atoms with van der Waals surface area (Å²) in [7, 11) is 0. The number of aromatic nitrogens is 2. The van der Waals surface area contributed by atoms with Crippen LogP contribution in [0.25, 0.3) is 16.9 Å². The van der Waals surface area contributed by atoms with Crippen LogP contribution in [0.3, 0.4) is 0 Å². The summed E-state index contributed by atoms with van der Waals surface area (Å²) in [4.78, 5) is 10.5. The second-order valence-electron chi connectivity index (χ2n) is 7.26. The van der Waals surface area contributed by atoms with Crippen molar-refractivity contribution in [2.75, 3.05) is 18.4 Å². The quantitative estimate of drug-likeness (QED) is 0.438. The first-order valence-corrected chi connectivity index (χ1v) is 10.2. The Morgan fingerprint density at radius 3 is 2.55 bits per heavy atom. The monoisotopic (exact) mass is 430 g/mol. The number of hydrogen-bond acceptors (Lipinski definition) is 3. The van der Waals surface area contributed by atoms with Crippen LogP contribution in [0.5, 0.6) is 0 Å². The molecule has 164 valence electrons. The Labute approximate surface area is 179 Å². The number of nitrogens with zero attached hydrogens (tertiary/aromatic N) is 2. The van der Waals surface area contributed by atoms with Crippen LogP contribution in [0.15, 0.2) is 60.7 Å². The van der Waals surface area contributed by atoms with Gasteiger partial charge in [0.05, 0.1) is 16.9 Å². The number of halogens is 3. The molecule has 0 aliphatic carbocycles. The van der Waals surface area contributed by atoms with Crippen LogP contribution in [0.4, 0.5) is 19.0 Å². The van der Waals surface area contributed by atoms with Crippen molar-refractivity contribution in [3.63, 3.8) is 0 Å². The van der Waals surface area contributed by atoms with Crippen molar-refractivity contribution in [3.8, 4) is 16.9 Å². The molecule has 1 heterocycles. The van der Waals surface area contributed by atoms with Gasteiger partial charge in [-0.15, -0.1) is 5.10 Å². The maximum absolute atomic E-state index is 13.2. The maximum atomic E-state index is 13.2. The van der Waals surface area contributed by atoms with Crippen molar-refractivity contribution >= 4 is 12.2 Å². The van der Waals surface area contributed by atoms with E-state index >= 15 is 0 Å². The number of anilines is 1. The summed E-state index contributed by atoms with van der Waals surface area (Å²) in [5, 5.41) is 10.5. The van der Waals surface area contributed by atoms with Crippen molar-refractivity contribution in [3.05, 3.63) is 66.2 Å². The first-order chi connectivity index (χ1) is 14.9. The molecule has 2 aromatic carbocycles. The van der Waals surface area contributed by atoms with Gasteiger partial charge >= 0.3 is 6.18 Å². The van der Waals surface area contributed by atoms with E-state index < -0.39 is 11.7 Å². The highest BCUT2D eigenvalue weighted by Gasteiger charge is 2.30. The van der Waals surface area contributed by atoms with Gasteiger partial charge in [-0.1, -0.05) is 43.7 Å². The molecule has 8 heteroatoms. The zero-order valence-corrected chi connectivity index (χ0v) is 17.2. The molecule has 1 amide bonds. The summed E-state index contributed by atoms with van der Waals surface area (Å²) in [6.07, 6.45) is -1.97. The summed E-state index contributed by atoms with van der Waals surface area (Å²) >= 11 is 0. The molecule has 0 aliphatic rings. The molecule has 1 aromatic heterocycles. The Hall–Kier alpha value is -3.29. The number of carbonyl (C=O) groups excluding carboxylic acids is 1. The van der Waals surface area contributed by atoms with E-state index in [0.717, 1.165) is 30.7 Å². The highest BCUT2D eigenvalue weighted by Crippen LogP contribution is 2.33. The Bertz CT molecular complexity index is 986. The third kappa shape index (κ3) is 5.87. The van der Waals surface area contributed by atoms with E-state index in [1.54, 1.807) is 16.8 Å². The van der Waals surface area contributed by atoms with Crippen LogP contribution in [-0.2, 0) is 11.0 Å². The summed E-state index contributed by atoms with van der Waals surface area (Å²) in [6.45, 7) is 3.30. The predicted molar refractivity (Wildman–Crippen MR) is 115 cm³/mol. The van der Waals surface area contributed by atoms with Crippen molar-refractivity contribution in [1.29, 1.82) is 0 Å². The lowest BCUT2D eigenvalue weighted by atomic mass is 10.0. The standard InChI is InChI=1S/C23H25F3N4O/c1-2-17(15-27-16-31)11-12-28-22-14-21(30(29-22)20-9-4-3-5-10-20)18-7-6-8-19(13-18)23(24,25)26/h3-10,13-14,16-17H,2,11-12,15H2,1H3,(H,27,31)(H,28,29)/t17-/m0/s1. The lowest BCUT2D eigenvalue weighted by molar-refractivity contribution is -0.137. The van der Waals surface area contributed by atoms with Crippen molar-refractivity contribution in [1.82, 2.24) is 15.1 Å². The average Bonchev–Trinajstić information content (AvgIpc) is 3.20. The first kappa shape index (κ1) is 22.4. The molecule has 31 heavy (non-hydrogen) atoms. The van der Waals surface area contributed by atoms with Crippen molar-refractivity contribution in [2.45, 2.75) is 25.9 Å². The summed E-state index contributed by atoms with van der Waals surface area (Å²) in [5.74, 6) is 0.909. The van der Waals surface area contributed by atoms with Crippen LogP contribution in [-0.4, -0.2) is 29.3 Å². The third-order valence-electron chi connectivity index (χ3n) is 5.12. The average molecular weight is 430 g/mol. The van der Waals surface area contributed by atoms with E-state index in [9.17, 15) is 18.0 Å². The SMILES string of the molecule is CC[C@@H](CCNc1cc(-c2cccc(C(F)(F)F)c2)n(-c2ccccc2)n1)CNC=O. The fraction of sp³-hybridized carbons (Fsp3) is 0.304. The summed E-state index contributed by atoms with van der Waals surface area (Å²) in [6, 6.07) is 16.3. The van der Waals surface area contributed by atoms with Crippen LogP contribution in [0, 0.1) is 5.92 Å². The van der Waals surface area contributed by atoms with E-state index in [1.807, 2.05) is 30.3 Å². The van der Waals surface area contributed by atoms with E-state index in [1.165, 1.54) is 6.07 Å². The Morgan fingerprint density at radius 2 is 1.87 bits per heavy atom. The van der Waals surface area contributed by atoms with E-state index in [4.69, 9.17) is 0 Å². The highest BCUT2D eigenvalue weighted by atomic mass is 19.4. The van der Waals surface area contributed by atoms with Gasteiger partial charge in [-0.25, -0.2) is 4.68 Å². The molecule has 0 fully saturated rings. The van der Waals surface area contributed by atoms with Gasteiger partial charge in [-0.05, 0) is 36.6 Å². The molecule has 5 nitrogen and oxygen atoms in total. The molecule has 0 aliphatic heterocycles. The Morgan fingerprint density at radius 1 is 1.10 bits per heavy atom. The molecule has 3 aromatic rings. The van der Waals surface area contributed by atoms with E-state index in [0.29, 0.717) is 42.5 Å². The van der Waals surface area contributed by atoms with Gasteiger partial charge in [0, 0.05) is 24.7 Å². The number of rotatable bonds is 10. The van der Waals surface area contributed by atoms with Crippen molar-refractivity contribution < 1.29 is 18.0 Å². The number of carbonyl (C=O) groups is 1. The van der Waals surface area contributed by atoms with Crippen LogP contribution in [0.1, 0.15) is 25.3 Å². The fourth-order valence-corrected chi connectivity index (χ4v) is 3.36. The number of amides is 1. The lowest BCUT2D eigenvalue weighted by Gasteiger charge is -2.14. The molecule has 0 bridgehead atoms. The second kappa shape index (κ2) is 10.1. The van der Waals surface area contributed by atoms with Gasteiger partial charge in [-0.2, -0.15) is 13.2 Å². The van der Waals surface area contributed by atoms with Gasteiger partial charge < -0.3 is 10.6 Å². The van der Waals surface area contributed by atoms with Crippen LogP contribution >= 0.6 is 0 Å². The maximum Gasteiger partial charge on any atom is 0.416 e. The topological polar surface area (TPSA) is 59.0 Å². The first-order valence-electron chi connectivity index (χ1n) is 10.2. The number of hydrogen-bond donors (Lipinski definition) is 2. The largest absolute Gasteiger partial charge is 0.416 e. The normalized spacial score (nSPS) is 12.4. The molecule has 0 saturated carbocycles. The smallest absolute Gasteiger partial charge is 0.369 e. The molecule has 0 spiro atoms. The molecule has 3 rings (SSSR count). The lowest BCUT2D eigenvalue weighted by Crippen LogP contribution is -2.22. The molecule has 1 atom stereocenters. The fourth-order valence-electron chi connectivity index (χ4n) is 3.36. The van der Waals surface area contributed by atoms with Gasteiger partial charge in [0.1, 0.15) is 5.82 Å². The molecule has 0 saturated heterocycles. The van der Waals surface area contributed by atoms with Crippen LogP contribution < -0.4 is 10.6 Å². The summed E-state index contributed by atoms with van der Waals surface area (Å²) < 4.78 is 41.3.